The predicted molar refractivity (Wildman–Crippen MR) is 111 cm³/mol. The summed E-state index contributed by atoms with van der Waals surface area (Å²) in [7, 11) is 3.24. The van der Waals surface area contributed by atoms with Gasteiger partial charge >= 0.3 is 0 Å². The molecule has 0 bridgehead atoms. The molecule has 5 heteroatoms. The first-order valence-electron chi connectivity index (χ1n) is 9.59. The van der Waals surface area contributed by atoms with Gasteiger partial charge in [0.2, 0.25) is 0 Å². The lowest BCUT2D eigenvalue weighted by Crippen LogP contribution is -2.42. The average Bonchev–Trinajstić information content (AvgIpc) is 2.82. The molecule has 1 heterocycles. The Bertz CT molecular complexity index is 949. The third kappa shape index (κ3) is 3.26. The Balaban J connectivity index is 1.85. The maximum atomic E-state index is 13.2. The molecule has 1 unspecified atom stereocenters. The fraction of sp³-hybridized carbons (Fsp3) is 0.391. The molecular weight excluding hydrogens is 352 g/mol. The maximum absolute atomic E-state index is 13.2. The molecule has 1 N–H and O–H groups in total. The number of aliphatic imine (C=N–C) groups is 1. The van der Waals surface area contributed by atoms with E-state index in [1.54, 1.807) is 14.2 Å². The summed E-state index contributed by atoms with van der Waals surface area (Å²) in [6.45, 7) is 4.28. The van der Waals surface area contributed by atoms with Crippen molar-refractivity contribution in [1.82, 2.24) is 0 Å². The van der Waals surface area contributed by atoms with Crippen molar-refractivity contribution < 1.29 is 14.3 Å². The molecule has 2 aromatic carbocycles. The van der Waals surface area contributed by atoms with Crippen LogP contribution in [-0.4, -0.2) is 25.7 Å². The SMILES string of the molecule is COc1ccc([C@@H]2Nc3ccccc3N=C3CC(C)(C)CC(=O)C32)cc1OC. The number of para-hydroxylation sites is 2. The van der Waals surface area contributed by atoms with Crippen LogP contribution in [0.4, 0.5) is 11.4 Å². The lowest BCUT2D eigenvalue weighted by Gasteiger charge is -2.37. The van der Waals surface area contributed by atoms with Crippen molar-refractivity contribution in [1.29, 1.82) is 0 Å². The summed E-state index contributed by atoms with van der Waals surface area (Å²) >= 11 is 0. The molecule has 0 saturated heterocycles. The zero-order valence-corrected chi connectivity index (χ0v) is 16.8. The largest absolute Gasteiger partial charge is 0.493 e. The van der Waals surface area contributed by atoms with Crippen LogP contribution in [0.15, 0.2) is 47.5 Å². The van der Waals surface area contributed by atoms with E-state index in [1.807, 2.05) is 42.5 Å². The van der Waals surface area contributed by atoms with Crippen LogP contribution in [0.3, 0.4) is 0 Å². The van der Waals surface area contributed by atoms with Gasteiger partial charge in [-0.15, -0.1) is 0 Å². The molecule has 0 spiro atoms. The zero-order chi connectivity index (χ0) is 19.9. The van der Waals surface area contributed by atoms with Crippen molar-refractivity contribution >= 4 is 22.9 Å². The molecule has 2 aromatic rings. The van der Waals surface area contributed by atoms with Crippen LogP contribution in [0, 0.1) is 11.3 Å². The normalized spacial score (nSPS) is 22.9. The lowest BCUT2D eigenvalue weighted by molar-refractivity contribution is -0.124. The van der Waals surface area contributed by atoms with Crippen molar-refractivity contribution in [3.05, 3.63) is 48.0 Å². The number of nitrogens with one attached hydrogen (secondary N) is 1. The number of nitrogens with zero attached hydrogens (tertiary/aromatic N) is 1. The van der Waals surface area contributed by atoms with Gasteiger partial charge in [-0.05, 0) is 41.7 Å². The average molecular weight is 378 g/mol. The number of anilines is 1. The third-order valence-electron chi connectivity index (χ3n) is 5.60. The number of carbonyl (C=O) groups is 1. The van der Waals surface area contributed by atoms with E-state index in [9.17, 15) is 4.79 Å². The number of ether oxygens (including phenoxy) is 2. The van der Waals surface area contributed by atoms with Gasteiger partial charge in [-0.25, -0.2) is 0 Å². The van der Waals surface area contributed by atoms with Gasteiger partial charge in [0.15, 0.2) is 11.5 Å². The number of Topliss-reactive ketones (excluding diaryl/α,β-unsaturated/α-hetero) is 1. The van der Waals surface area contributed by atoms with Crippen LogP contribution < -0.4 is 14.8 Å². The highest BCUT2D eigenvalue weighted by Gasteiger charge is 2.44. The second kappa shape index (κ2) is 6.97. The molecule has 1 saturated carbocycles. The fourth-order valence-corrected chi connectivity index (χ4v) is 4.34. The fourth-order valence-electron chi connectivity index (χ4n) is 4.34. The van der Waals surface area contributed by atoms with E-state index >= 15 is 0 Å². The van der Waals surface area contributed by atoms with Gasteiger partial charge in [-0.1, -0.05) is 32.0 Å². The topological polar surface area (TPSA) is 59.9 Å². The number of ketones is 1. The van der Waals surface area contributed by atoms with Crippen LogP contribution in [-0.2, 0) is 4.79 Å². The number of carbonyl (C=O) groups excluding carboxylic acids is 1. The van der Waals surface area contributed by atoms with Crippen molar-refractivity contribution in [2.45, 2.75) is 32.7 Å². The van der Waals surface area contributed by atoms with Gasteiger partial charge in [-0.3, -0.25) is 9.79 Å². The van der Waals surface area contributed by atoms with E-state index in [0.717, 1.165) is 29.1 Å². The first-order valence-corrected chi connectivity index (χ1v) is 9.59. The van der Waals surface area contributed by atoms with E-state index in [4.69, 9.17) is 14.5 Å². The van der Waals surface area contributed by atoms with Gasteiger partial charge in [-0.2, -0.15) is 0 Å². The monoisotopic (exact) mass is 378 g/mol. The molecule has 1 fully saturated rings. The minimum absolute atomic E-state index is 0.0755. The number of hydrogen-bond donors (Lipinski definition) is 1. The molecule has 4 rings (SSSR count). The van der Waals surface area contributed by atoms with Crippen LogP contribution in [0.25, 0.3) is 0 Å². The lowest BCUT2D eigenvalue weighted by atomic mass is 9.68. The zero-order valence-electron chi connectivity index (χ0n) is 16.8. The number of hydrogen-bond acceptors (Lipinski definition) is 5. The van der Waals surface area contributed by atoms with Crippen LogP contribution in [0.1, 0.15) is 38.3 Å². The second-order valence-electron chi connectivity index (χ2n) is 8.32. The maximum Gasteiger partial charge on any atom is 0.161 e. The van der Waals surface area contributed by atoms with Crippen molar-refractivity contribution in [2.75, 3.05) is 19.5 Å². The molecule has 2 aliphatic rings. The summed E-state index contributed by atoms with van der Waals surface area (Å²) in [5.41, 5.74) is 3.69. The Labute approximate surface area is 165 Å². The Hall–Kier alpha value is -2.82. The molecule has 0 aromatic heterocycles. The quantitative estimate of drug-likeness (QED) is 0.821. The van der Waals surface area contributed by atoms with Gasteiger partial charge in [0, 0.05) is 12.1 Å². The smallest absolute Gasteiger partial charge is 0.161 e. The van der Waals surface area contributed by atoms with E-state index in [-0.39, 0.29) is 23.2 Å². The highest BCUT2D eigenvalue weighted by atomic mass is 16.5. The van der Waals surface area contributed by atoms with Crippen LogP contribution >= 0.6 is 0 Å². The summed E-state index contributed by atoms with van der Waals surface area (Å²) < 4.78 is 10.9. The third-order valence-corrected chi connectivity index (χ3v) is 5.60. The number of rotatable bonds is 3. The summed E-state index contributed by atoms with van der Waals surface area (Å²) in [6, 6.07) is 13.6. The molecule has 5 nitrogen and oxygen atoms in total. The first-order chi connectivity index (χ1) is 13.4. The summed E-state index contributed by atoms with van der Waals surface area (Å²) in [4.78, 5) is 18.2. The van der Waals surface area contributed by atoms with E-state index in [1.165, 1.54) is 0 Å². The predicted octanol–water partition coefficient (Wildman–Crippen LogP) is 4.95. The standard InChI is InChI=1S/C23H26N2O3/c1-23(2)12-17-21(18(26)13-23)22(25-16-8-6-5-7-15(16)24-17)14-9-10-19(27-3)20(11-14)28-4/h5-11,21-22,25H,12-13H2,1-4H3/t21?,22-/m0/s1. The Morgan fingerprint density at radius 3 is 2.54 bits per heavy atom. The van der Waals surface area contributed by atoms with E-state index in [0.29, 0.717) is 17.9 Å². The second-order valence-corrected chi connectivity index (χ2v) is 8.32. The molecule has 0 amide bonds. The highest BCUT2D eigenvalue weighted by Crippen LogP contribution is 2.45. The number of methoxy groups -OCH3 is 2. The molecule has 0 radical (unpaired) electrons. The number of benzene rings is 2. The van der Waals surface area contributed by atoms with Gasteiger partial charge in [0.25, 0.3) is 0 Å². The van der Waals surface area contributed by atoms with Crippen LogP contribution in [0.2, 0.25) is 0 Å². The minimum atomic E-state index is -0.293. The van der Waals surface area contributed by atoms with E-state index < -0.39 is 0 Å². The van der Waals surface area contributed by atoms with Gasteiger partial charge in [0.1, 0.15) is 5.78 Å². The number of fused-ring (bicyclic) bond motifs is 2. The Morgan fingerprint density at radius 1 is 1.04 bits per heavy atom. The molecule has 28 heavy (non-hydrogen) atoms. The molecule has 146 valence electrons. The van der Waals surface area contributed by atoms with Gasteiger partial charge in [0.05, 0.1) is 37.6 Å². The molecular formula is C23H26N2O3. The molecule has 1 aliphatic heterocycles. The summed E-state index contributed by atoms with van der Waals surface area (Å²) in [6.07, 6.45) is 1.36. The van der Waals surface area contributed by atoms with Crippen molar-refractivity contribution in [3.8, 4) is 11.5 Å². The first kappa shape index (κ1) is 18.5. The Kier molecular flexibility index (Phi) is 4.61. The summed E-state index contributed by atoms with van der Waals surface area (Å²) in [5, 5.41) is 3.59. The van der Waals surface area contributed by atoms with Gasteiger partial charge < -0.3 is 14.8 Å². The summed E-state index contributed by atoms with van der Waals surface area (Å²) in [5.74, 6) is 1.26. The Morgan fingerprint density at radius 2 is 1.79 bits per heavy atom. The molecule has 1 aliphatic carbocycles. The van der Waals surface area contributed by atoms with E-state index in [2.05, 4.69) is 19.2 Å². The minimum Gasteiger partial charge on any atom is -0.493 e. The van der Waals surface area contributed by atoms with Crippen LogP contribution in [0.5, 0.6) is 11.5 Å². The van der Waals surface area contributed by atoms with Crippen molar-refractivity contribution in [3.63, 3.8) is 0 Å². The highest BCUT2D eigenvalue weighted by molar-refractivity contribution is 6.10. The van der Waals surface area contributed by atoms with Crippen molar-refractivity contribution in [2.24, 2.45) is 16.3 Å². The molecule has 2 atom stereocenters.